The lowest BCUT2D eigenvalue weighted by Crippen LogP contribution is -2.30. The van der Waals surface area contributed by atoms with Crippen LogP contribution >= 0.6 is 11.6 Å². The number of rotatable bonds is 6. The van der Waals surface area contributed by atoms with Crippen LogP contribution in [-0.2, 0) is 23.6 Å². The fraction of sp³-hybridized carbons (Fsp3) is 0.500. The molecule has 2 aromatic heterocycles. The van der Waals surface area contributed by atoms with Crippen molar-refractivity contribution in [3.63, 3.8) is 0 Å². The molecule has 21 heavy (non-hydrogen) atoms. The molecule has 0 saturated heterocycles. The van der Waals surface area contributed by atoms with Gasteiger partial charge in [0.25, 0.3) is 0 Å². The molecule has 0 spiro atoms. The summed E-state index contributed by atoms with van der Waals surface area (Å²) in [6, 6.07) is 0. The molecule has 1 atom stereocenters. The van der Waals surface area contributed by atoms with Gasteiger partial charge in [-0.25, -0.2) is 13.1 Å². The van der Waals surface area contributed by atoms with Crippen molar-refractivity contribution in [3.8, 4) is 0 Å². The Bertz CT molecular complexity index is 722. The average Bonchev–Trinajstić information content (AvgIpc) is 2.95. The molecule has 0 fully saturated rings. The van der Waals surface area contributed by atoms with Gasteiger partial charge in [-0.2, -0.15) is 10.2 Å². The van der Waals surface area contributed by atoms with Crippen molar-refractivity contribution in [2.75, 3.05) is 6.54 Å². The second-order valence-corrected chi connectivity index (χ2v) is 7.23. The van der Waals surface area contributed by atoms with Gasteiger partial charge in [0.1, 0.15) is 4.90 Å². The molecular formula is C12H18ClN5O2S. The van der Waals surface area contributed by atoms with Crippen LogP contribution < -0.4 is 4.72 Å². The molecule has 9 heteroatoms. The summed E-state index contributed by atoms with van der Waals surface area (Å²) in [6.45, 7) is 4.56. The van der Waals surface area contributed by atoms with Gasteiger partial charge in [-0.15, -0.1) is 0 Å². The number of halogens is 1. The molecule has 0 saturated carbocycles. The third-order valence-electron chi connectivity index (χ3n) is 3.20. The predicted octanol–water partition coefficient (Wildman–Crippen LogP) is 1.19. The zero-order valence-electron chi connectivity index (χ0n) is 12.1. The normalized spacial score (nSPS) is 13.5. The summed E-state index contributed by atoms with van der Waals surface area (Å²) in [5, 5.41) is 8.58. The molecule has 2 heterocycles. The van der Waals surface area contributed by atoms with E-state index < -0.39 is 10.0 Å². The van der Waals surface area contributed by atoms with Gasteiger partial charge in [0, 0.05) is 26.3 Å². The van der Waals surface area contributed by atoms with Gasteiger partial charge in [0.2, 0.25) is 10.0 Å². The molecule has 0 bridgehead atoms. The summed E-state index contributed by atoms with van der Waals surface area (Å²) >= 11 is 5.79. The number of aryl methyl sites for hydroxylation is 1. The molecule has 2 aromatic rings. The van der Waals surface area contributed by atoms with Crippen LogP contribution in [0, 0.1) is 12.8 Å². The molecule has 7 nitrogen and oxygen atoms in total. The Balaban J connectivity index is 1.97. The first-order chi connectivity index (χ1) is 9.79. The van der Waals surface area contributed by atoms with Crippen LogP contribution in [0.2, 0.25) is 5.02 Å². The van der Waals surface area contributed by atoms with Gasteiger partial charge in [-0.05, 0) is 12.8 Å². The fourth-order valence-corrected chi connectivity index (χ4v) is 3.42. The summed E-state index contributed by atoms with van der Waals surface area (Å²) in [7, 11) is -1.83. The van der Waals surface area contributed by atoms with Crippen molar-refractivity contribution in [2.45, 2.75) is 25.3 Å². The van der Waals surface area contributed by atoms with Crippen molar-refractivity contribution in [3.05, 3.63) is 29.3 Å². The average molecular weight is 332 g/mol. The molecule has 0 aromatic carbocycles. The van der Waals surface area contributed by atoms with Crippen LogP contribution in [0.15, 0.2) is 23.5 Å². The maximum atomic E-state index is 12.2. The minimum Gasteiger partial charge on any atom is -0.272 e. The summed E-state index contributed by atoms with van der Waals surface area (Å²) in [5.41, 5.74) is 0.606. The number of nitrogens with zero attached hydrogens (tertiary/aromatic N) is 4. The Kier molecular flexibility index (Phi) is 4.70. The molecule has 1 unspecified atom stereocenters. The highest BCUT2D eigenvalue weighted by atomic mass is 35.5. The first-order valence-electron chi connectivity index (χ1n) is 6.46. The highest BCUT2D eigenvalue weighted by Gasteiger charge is 2.20. The molecule has 0 radical (unpaired) electrons. The number of sulfonamides is 1. The number of hydrogen-bond acceptors (Lipinski definition) is 4. The van der Waals surface area contributed by atoms with Crippen molar-refractivity contribution in [1.29, 1.82) is 0 Å². The van der Waals surface area contributed by atoms with E-state index in [0.717, 1.165) is 0 Å². The van der Waals surface area contributed by atoms with Crippen LogP contribution in [0.25, 0.3) is 0 Å². The van der Waals surface area contributed by atoms with E-state index in [1.165, 1.54) is 10.9 Å². The monoisotopic (exact) mass is 331 g/mol. The van der Waals surface area contributed by atoms with Crippen molar-refractivity contribution >= 4 is 21.6 Å². The second kappa shape index (κ2) is 6.17. The molecule has 1 N–H and O–H groups in total. The highest BCUT2D eigenvalue weighted by Crippen LogP contribution is 2.13. The maximum absolute atomic E-state index is 12.2. The minimum atomic E-state index is -3.54. The Morgan fingerprint density at radius 3 is 2.62 bits per heavy atom. The zero-order chi connectivity index (χ0) is 15.6. The molecule has 0 aliphatic rings. The lowest BCUT2D eigenvalue weighted by Gasteiger charge is -2.13. The summed E-state index contributed by atoms with van der Waals surface area (Å²) < 4.78 is 30.3. The van der Waals surface area contributed by atoms with Crippen LogP contribution in [0.4, 0.5) is 0 Å². The van der Waals surface area contributed by atoms with E-state index in [-0.39, 0.29) is 10.8 Å². The quantitative estimate of drug-likeness (QED) is 0.862. The van der Waals surface area contributed by atoms with Crippen LogP contribution in [0.3, 0.4) is 0 Å². The first-order valence-corrected chi connectivity index (χ1v) is 8.32. The fourth-order valence-electron chi connectivity index (χ4n) is 1.89. The molecular weight excluding hydrogens is 314 g/mol. The van der Waals surface area contributed by atoms with Gasteiger partial charge < -0.3 is 0 Å². The van der Waals surface area contributed by atoms with Gasteiger partial charge in [0.05, 0.1) is 23.1 Å². The number of hydrogen-bond donors (Lipinski definition) is 1. The van der Waals surface area contributed by atoms with E-state index >= 15 is 0 Å². The molecule has 0 aliphatic heterocycles. The molecule has 2 rings (SSSR count). The number of aromatic nitrogens is 4. The van der Waals surface area contributed by atoms with Crippen LogP contribution in [0.5, 0.6) is 0 Å². The highest BCUT2D eigenvalue weighted by molar-refractivity contribution is 7.89. The summed E-state index contributed by atoms with van der Waals surface area (Å²) in [4.78, 5) is 0.208. The minimum absolute atomic E-state index is 0.0766. The predicted molar refractivity (Wildman–Crippen MR) is 79.5 cm³/mol. The van der Waals surface area contributed by atoms with E-state index in [2.05, 4.69) is 14.9 Å². The number of nitrogens with one attached hydrogen (secondary N) is 1. The molecule has 116 valence electrons. The van der Waals surface area contributed by atoms with Gasteiger partial charge >= 0.3 is 0 Å². The SMILES string of the molecule is Cc1c(S(=O)(=O)NCC(C)Cn2cc(Cl)cn2)cnn1C. The Morgan fingerprint density at radius 1 is 1.38 bits per heavy atom. The topological polar surface area (TPSA) is 81.8 Å². The maximum Gasteiger partial charge on any atom is 0.243 e. The molecule has 0 amide bonds. The van der Waals surface area contributed by atoms with E-state index in [9.17, 15) is 8.42 Å². The summed E-state index contributed by atoms with van der Waals surface area (Å²) in [5.74, 6) is 0.0766. The largest absolute Gasteiger partial charge is 0.272 e. The van der Waals surface area contributed by atoms with E-state index in [4.69, 9.17) is 11.6 Å². The van der Waals surface area contributed by atoms with Crippen molar-refractivity contribution in [1.82, 2.24) is 24.3 Å². The van der Waals surface area contributed by atoms with Crippen molar-refractivity contribution in [2.24, 2.45) is 13.0 Å². The van der Waals surface area contributed by atoms with Gasteiger partial charge in [-0.1, -0.05) is 18.5 Å². The van der Waals surface area contributed by atoms with E-state index in [0.29, 0.717) is 23.8 Å². The van der Waals surface area contributed by atoms with Crippen molar-refractivity contribution < 1.29 is 8.42 Å². The zero-order valence-corrected chi connectivity index (χ0v) is 13.7. The van der Waals surface area contributed by atoms with Crippen LogP contribution in [-0.4, -0.2) is 34.5 Å². The second-order valence-electron chi connectivity index (χ2n) is 5.06. The van der Waals surface area contributed by atoms with E-state index in [1.54, 1.807) is 31.0 Å². The lowest BCUT2D eigenvalue weighted by atomic mass is 10.2. The Hall–Kier alpha value is -1.38. The van der Waals surface area contributed by atoms with E-state index in [1.807, 2.05) is 6.92 Å². The van der Waals surface area contributed by atoms with Gasteiger partial charge in [-0.3, -0.25) is 9.36 Å². The Morgan fingerprint density at radius 2 is 2.10 bits per heavy atom. The van der Waals surface area contributed by atoms with Gasteiger partial charge in [0.15, 0.2) is 0 Å². The van der Waals surface area contributed by atoms with Crippen LogP contribution in [0.1, 0.15) is 12.6 Å². The smallest absolute Gasteiger partial charge is 0.243 e. The third-order valence-corrected chi connectivity index (χ3v) is 4.92. The third kappa shape index (κ3) is 3.84. The Labute approximate surface area is 129 Å². The lowest BCUT2D eigenvalue weighted by molar-refractivity contribution is 0.443. The molecule has 0 aliphatic carbocycles. The first kappa shape index (κ1) is 16.0. The standard InChI is InChI=1S/C12H18ClN5O2S/c1-9(7-18-8-11(13)5-15-18)4-16-21(19,20)12-6-14-17(3)10(12)2/h5-6,8-9,16H,4,7H2,1-3H3. The summed E-state index contributed by atoms with van der Waals surface area (Å²) in [6.07, 6.45) is 4.62.